The van der Waals surface area contributed by atoms with E-state index in [0.717, 1.165) is 0 Å². The highest BCUT2D eigenvalue weighted by molar-refractivity contribution is 7.89. The number of pyridine rings is 1. The molecule has 0 aliphatic heterocycles. The van der Waals surface area contributed by atoms with Gasteiger partial charge in [0.1, 0.15) is 0 Å². The molecule has 0 aliphatic rings. The monoisotopic (exact) mass is 188 g/mol. The number of nitrogens with two attached hydrogens (primary N) is 3. The third-order valence-corrected chi connectivity index (χ3v) is 2.12. The van der Waals surface area contributed by atoms with Gasteiger partial charge in [0.05, 0.1) is 11.4 Å². The Bertz CT molecular complexity index is 400. The molecule has 0 aromatic carbocycles. The maximum Gasteiger partial charge on any atom is 0.257 e. The van der Waals surface area contributed by atoms with E-state index in [0.29, 0.717) is 0 Å². The van der Waals surface area contributed by atoms with Gasteiger partial charge in [-0.15, -0.1) is 0 Å². The summed E-state index contributed by atoms with van der Waals surface area (Å²) in [5.74, 6) is 0. The van der Waals surface area contributed by atoms with Crippen LogP contribution in [-0.2, 0) is 10.0 Å². The highest BCUT2D eigenvalue weighted by atomic mass is 32.2. The van der Waals surface area contributed by atoms with E-state index in [1.54, 1.807) is 0 Å². The third kappa shape index (κ3) is 1.46. The van der Waals surface area contributed by atoms with Gasteiger partial charge in [-0.05, 0) is 6.07 Å². The third-order valence-electron chi connectivity index (χ3n) is 1.26. The molecule has 0 aliphatic carbocycles. The van der Waals surface area contributed by atoms with Crippen molar-refractivity contribution in [1.29, 1.82) is 0 Å². The van der Waals surface area contributed by atoms with Crippen LogP contribution >= 0.6 is 0 Å². The first kappa shape index (κ1) is 8.75. The first-order valence-electron chi connectivity index (χ1n) is 2.95. The summed E-state index contributed by atoms with van der Waals surface area (Å²) in [6.45, 7) is 0. The van der Waals surface area contributed by atoms with Gasteiger partial charge < -0.3 is 11.5 Å². The van der Waals surface area contributed by atoms with Gasteiger partial charge in [-0.1, -0.05) is 0 Å². The molecule has 66 valence electrons. The van der Waals surface area contributed by atoms with E-state index in [4.69, 9.17) is 16.6 Å². The van der Waals surface area contributed by atoms with Crippen LogP contribution in [0.15, 0.2) is 17.3 Å². The zero-order valence-electron chi connectivity index (χ0n) is 6.06. The second-order valence-electron chi connectivity index (χ2n) is 2.16. The molecule has 0 atom stereocenters. The molecule has 0 spiro atoms. The van der Waals surface area contributed by atoms with Gasteiger partial charge in [0.25, 0.3) is 10.0 Å². The van der Waals surface area contributed by atoms with Gasteiger partial charge in [0.2, 0.25) is 0 Å². The molecule has 1 aromatic heterocycles. The lowest BCUT2D eigenvalue weighted by molar-refractivity contribution is 0.594. The smallest absolute Gasteiger partial charge is 0.257 e. The van der Waals surface area contributed by atoms with E-state index in [1.165, 1.54) is 12.3 Å². The van der Waals surface area contributed by atoms with E-state index in [2.05, 4.69) is 4.98 Å². The van der Waals surface area contributed by atoms with Crippen molar-refractivity contribution in [3.05, 3.63) is 12.3 Å². The predicted molar refractivity (Wildman–Crippen MR) is 44.4 cm³/mol. The number of nitrogens with zero attached hydrogens (tertiary/aromatic N) is 1. The zero-order valence-corrected chi connectivity index (χ0v) is 6.88. The summed E-state index contributed by atoms with van der Waals surface area (Å²) in [6, 6.07) is 1.39. The minimum absolute atomic E-state index is 0.111. The summed E-state index contributed by atoms with van der Waals surface area (Å²) in [6.07, 6.45) is 1.23. The Labute approximate surface area is 69.4 Å². The van der Waals surface area contributed by atoms with Crippen LogP contribution < -0.4 is 16.6 Å². The fourth-order valence-electron chi connectivity index (χ4n) is 0.695. The van der Waals surface area contributed by atoms with Crippen LogP contribution in [0.4, 0.5) is 11.4 Å². The van der Waals surface area contributed by atoms with Crippen molar-refractivity contribution >= 4 is 21.4 Å². The number of hydrogen-bond acceptors (Lipinski definition) is 5. The van der Waals surface area contributed by atoms with E-state index in [-0.39, 0.29) is 16.4 Å². The topological polar surface area (TPSA) is 125 Å². The summed E-state index contributed by atoms with van der Waals surface area (Å²) in [5, 5.41) is 4.41. The van der Waals surface area contributed by atoms with Gasteiger partial charge in [-0.2, -0.15) is 0 Å². The minimum atomic E-state index is -3.87. The fourth-order valence-corrected chi connectivity index (χ4v) is 1.33. The summed E-state index contributed by atoms with van der Waals surface area (Å²) in [7, 11) is -3.87. The Morgan fingerprint density at radius 1 is 1.33 bits per heavy atom. The maximum atomic E-state index is 10.8. The van der Waals surface area contributed by atoms with Gasteiger partial charge >= 0.3 is 0 Å². The zero-order chi connectivity index (χ0) is 9.35. The summed E-state index contributed by atoms with van der Waals surface area (Å²) >= 11 is 0. The molecule has 0 amide bonds. The molecule has 0 radical (unpaired) electrons. The number of aromatic nitrogens is 1. The number of hydrogen-bond donors (Lipinski definition) is 3. The van der Waals surface area contributed by atoms with Crippen molar-refractivity contribution in [3.63, 3.8) is 0 Å². The lowest BCUT2D eigenvalue weighted by Crippen LogP contribution is -2.16. The largest absolute Gasteiger partial charge is 0.397 e. The second kappa shape index (κ2) is 2.61. The Balaban J connectivity index is 3.47. The Kier molecular flexibility index (Phi) is 1.90. The molecule has 12 heavy (non-hydrogen) atoms. The van der Waals surface area contributed by atoms with Gasteiger partial charge in [0, 0.05) is 6.20 Å². The second-order valence-corrected chi connectivity index (χ2v) is 3.64. The molecule has 1 heterocycles. The van der Waals surface area contributed by atoms with Crippen LogP contribution in [0, 0.1) is 0 Å². The molecule has 6 N–H and O–H groups in total. The number of primary sulfonamides is 1. The van der Waals surface area contributed by atoms with Crippen LogP contribution in [0.25, 0.3) is 0 Å². The number of anilines is 2. The van der Waals surface area contributed by atoms with Crippen molar-refractivity contribution < 1.29 is 8.42 Å². The average molecular weight is 188 g/mol. The van der Waals surface area contributed by atoms with E-state index >= 15 is 0 Å². The first-order chi connectivity index (χ1) is 5.43. The molecular weight excluding hydrogens is 180 g/mol. The molecule has 1 aromatic rings. The molecule has 1 rings (SSSR count). The molecule has 0 fully saturated rings. The van der Waals surface area contributed by atoms with Crippen molar-refractivity contribution in [3.8, 4) is 0 Å². The number of nitrogen functional groups attached to an aromatic ring is 2. The summed E-state index contributed by atoms with van der Waals surface area (Å²) < 4.78 is 21.6. The van der Waals surface area contributed by atoms with Gasteiger partial charge in [0.15, 0.2) is 5.03 Å². The van der Waals surface area contributed by atoms with Gasteiger partial charge in [-0.25, -0.2) is 18.5 Å². The Morgan fingerprint density at radius 2 is 1.92 bits per heavy atom. The summed E-state index contributed by atoms with van der Waals surface area (Å²) in [5.41, 5.74) is 10.7. The first-order valence-corrected chi connectivity index (χ1v) is 4.50. The van der Waals surface area contributed by atoms with Crippen molar-refractivity contribution in [2.24, 2.45) is 5.14 Å². The van der Waals surface area contributed by atoms with Crippen LogP contribution in [0.3, 0.4) is 0 Å². The number of rotatable bonds is 1. The fraction of sp³-hybridized carbons (Fsp3) is 0. The molecule has 0 saturated heterocycles. The molecule has 0 unspecified atom stereocenters. The predicted octanol–water partition coefficient (Wildman–Crippen LogP) is -1.11. The average Bonchev–Trinajstić information content (AvgIpc) is 1.92. The highest BCUT2D eigenvalue weighted by Gasteiger charge is 2.14. The lowest BCUT2D eigenvalue weighted by atomic mass is 10.4. The number of sulfonamides is 1. The molecule has 0 bridgehead atoms. The molecule has 6 nitrogen and oxygen atoms in total. The van der Waals surface area contributed by atoms with Crippen LogP contribution in [-0.4, -0.2) is 13.4 Å². The van der Waals surface area contributed by atoms with E-state index < -0.39 is 10.0 Å². The quantitative estimate of drug-likeness (QED) is 0.515. The maximum absolute atomic E-state index is 10.8. The van der Waals surface area contributed by atoms with Crippen molar-refractivity contribution in [1.82, 2.24) is 4.98 Å². The normalized spacial score (nSPS) is 11.4. The van der Waals surface area contributed by atoms with E-state index in [1.807, 2.05) is 0 Å². The minimum Gasteiger partial charge on any atom is -0.397 e. The van der Waals surface area contributed by atoms with E-state index in [9.17, 15) is 8.42 Å². The molecular formula is C5H8N4O2S. The highest BCUT2D eigenvalue weighted by Crippen LogP contribution is 2.19. The molecule has 0 saturated carbocycles. The van der Waals surface area contributed by atoms with Crippen LogP contribution in [0.2, 0.25) is 0 Å². The van der Waals surface area contributed by atoms with Crippen LogP contribution in [0.5, 0.6) is 0 Å². The van der Waals surface area contributed by atoms with Crippen LogP contribution in [0.1, 0.15) is 0 Å². The SMILES string of the molecule is Nc1ccnc(S(N)(=O)=O)c1N. The lowest BCUT2D eigenvalue weighted by Gasteiger charge is -2.03. The van der Waals surface area contributed by atoms with Crippen molar-refractivity contribution in [2.45, 2.75) is 5.03 Å². The Morgan fingerprint density at radius 3 is 2.33 bits per heavy atom. The standard InChI is InChI=1S/C5H8N4O2S/c6-3-1-2-9-5(4(3)7)12(8,10)11/h1-2H,7H2,(H2,6,9)(H2,8,10,11). The molecule has 7 heteroatoms. The van der Waals surface area contributed by atoms with Crippen molar-refractivity contribution in [2.75, 3.05) is 11.5 Å². The Hall–Kier alpha value is -1.34. The van der Waals surface area contributed by atoms with Gasteiger partial charge in [-0.3, -0.25) is 0 Å². The summed E-state index contributed by atoms with van der Waals surface area (Å²) in [4.78, 5) is 3.49.